The number of likely N-dealkylation sites (N-methyl/N-ethyl adjacent to an activating group) is 1. The summed E-state index contributed by atoms with van der Waals surface area (Å²) in [6.07, 6.45) is 2.96. The third-order valence-electron chi connectivity index (χ3n) is 4.28. The van der Waals surface area contributed by atoms with Crippen molar-refractivity contribution in [2.24, 2.45) is 0 Å². The summed E-state index contributed by atoms with van der Waals surface area (Å²) in [5, 5.41) is 9.65. The molecule has 1 amide bonds. The Kier molecular flexibility index (Phi) is 5.03. The van der Waals surface area contributed by atoms with Crippen LogP contribution in [0.15, 0.2) is 24.3 Å². The molecule has 0 aliphatic heterocycles. The van der Waals surface area contributed by atoms with Crippen LogP contribution in [0.1, 0.15) is 27.6 Å². The van der Waals surface area contributed by atoms with Gasteiger partial charge in [-0.2, -0.15) is 0 Å². The highest BCUT2D eigenvalue weighted by Gasteiger charge is 2.24. The van der Waals surface area contributed by atoms with E-state index in [9.17, 15) is 4.79 Å². The van der Waals surface area contributed by atoms with E-state index in [-0.39, 0.29) is 18.6 Å². The number of hydrogen-bond donors (Lipinski definition) is 0. The number of carbonyl (C=O) groups excluding carboxylic acids is 1. The van der Waals surface area contributed by atoms with Crippen molar-refractivity contribution in [2.75, 3.05) is 13.7 Å². The van der Waals surface area contributed by atoms with E-state index in [2.05, 4.69) is 34.5 Å². The van der Waals surface area contributed by atoms with Crippen molar-refractivity contribution in [1.82, 2.24) is 15.1 Å². The molecule has 6 heteroatoms. The summed E-state index contributed by atoms with van der Waals surface area (Å²) in [6, 6.07) is 8.74. The molecule has 1 aromatic carbocycles. The Labute approximate surface area is 140 Å². The molecule has 1 atom stereocenters. The van der Waals surface area contributed by atoms with Crippen molar-refractivity contribution >= 4 is 17.2 Å². The Morgan fingerprint density at radius 2 is 2.13 bits per heavy atom. The first-order valence-electron chi connectivity index (χ1n) is 7.82. The van der Waals surface area contributed by atoms with Gasteiger partial charge in [0.15, 0.2) is 0 Å². The zero-order valence-corrected chi connectivity index (χ0v) is 14.3. The molecule has 0 fully saturated rings. The monoisotopic (exact) mass is 331 g/mol. The molecular formula is C17H21N3O2S. The van der Waals surface area contributed by atoms with E-state index in [1.165, 1.54) is 22.5 Å². The van der Waals surface area contributed by atoms with Crippen LogP contribution in [0.2, 0.25) is 0 Å². The van der Waals surface area contributed by atoms with Gasteiger partial charge in [-0.1, -0.05) is 35.6 Å². The number of hydrogen-bond acceptors (Lipinski definition) is 5. The van der Waals surface area contributed by atoms with E-state index in [0.29, 0.717) is 6.61 Å². The number of fused-ring (bicyclic) bond motifs is 1. The van der Waals surface area contributed by atoms with Crippen LogP contribution >= 0.6 is 11.3 Å². The SMILES string of the molecule is Cc1nnc(COCC(=O)N(C)C2CCc3ccccc3C2)s1. The zero-order valence-electron chi connectivity index (χ0n) is 13.5. The second kappa shape index (κ2) is 7.19. The van der Waals surface area contributed by atoms with Crippen LogP contribution in [0.3, 0.4) is 0 Å². The molecule has 0 bridgehead atoms. The summed E-state index contributed by atoms with van der Waals surface area (Å²) in [5.74, 6) is 0.0237. The van der Waals surface area contributed by atoms with Crippen LogP contribution < -0.4 is 0 Å². The van der Waals surface area contributed by atoms with Crippen LogP contribution in [0, 0.1) is 6.92 Å². The Balaban J connectivity index is 1.50. The number of nitrogens with zero attached hydrogens (tertiary/aromatic N) is 3. The van der Waals surface area contributed by atoms with E-state index in [4.69, 9.17) is 4.74 Å². The van der Waals surface area contributed by atoms with E-state index in [1.54, 1.807) is 0 Å². The molecular weight excluding hydrogens is 310 g/mol. The second-order valence-corrected chi connectivity index (χ2v) is 7.14. The van der Waals surface area contributed by atoms with Crippen molar-refractivity contribution in [3.8, 4) is 0 Å². The van der Waals surface area contributed by atoms with E-state index < -0.39 is 0 Å². The van der Waals surface area contributed by atoms with Crippen LogP contribution in [0.4, 0.5) is 0 Å². The molecule has 2 aromatic rings. The Morgan fingerprint density at radius 3 is 2.87 bits per heavy atom. The standard InChI is InChI=1S/C17H21N3O2S/c1-12-18-19-16(23-12)10-22-11-17(21)20(2)15-8-7-13-5-3-4-6-14(13)9-15/h3-6,15H,7-11H2,1-2H3. The normalized spacial score (nSPS) is 16.9. The number of aromatic nitrogens is 2. The van der Waals surface area contributed by atoms with Gasteiger partial charge in [-0.05, 0) is 37.3 Å². The van der Waals surface area contributed by atoms with Gasteiger partial charge in [0.05, 0.1) is 0 Å². The van der Waals surface area contributed by atoms with Crippen LogP contribution in [-0.4, -0.2) is 40.7 Å². The van der Waals surface area contributed by atoms with Gasteiger partial charge >= 0.3 is 0 Å². The lowest BCUT2D eigenvalue weighted by Crippen LogP contribution is -2.42. The zero-order chi connectivity index (χ0) is 16.2. The minimum absolute atomic E-state index is 0.0237. The average molecular weight is 331 g/mol. The molecule has 23 heavy (non-hydrogen) atoms. The summed E-state index contributed by atoms with van der Waals surface area (Å²) >= 11 is 1.50. The fourth-order valence-electron chi connectivity index (χ4n) is 2.94. The molecule has 122 valence electrons. The number of amides is 1. The van der Waals surface area contributed by atoms with Gasteiger partial charge in [0.2, 0.25) is 5.91 Å². The molecule has 1 aliphatic carbocycles. The van der Waals surface area contributed by atoms with Gasteiger partial charge in [-0.15, -0.1) is 10.2 Å². The highest BCUT2D eigenvalue weighted by molar-refractivity contribution is 7.11. The van der Waals surface area contributed by atoms with Gasteiger partial charge in [0, 0.05) is 13.1 Å². The third-order valence-corrected chi connectivity index (χ3v) is 5.09. The van der Waals surface area contributed by atoms with Crippen molar-refractivity contribution in [3.63, 3.8) is 0 Å². The first kappa shape index (κ1) is 16.1. The quantitative estimate of drug-likeness (QED) is 0.844. The van der Waals surface area contributed by atoms with Gasteiger partial charge in [-0.3, -0.25) is 4.79 Å². The van der Waals surface area contributed by atoms with Gasteiger partial charge in [-0.25, -0.2) is 0 Å². The van der Waals surface area contributed by atoms with Crippen LogP contribution in [-0.2, 0) is 29.0 Å². The summed E-state index contributed by atoms with van der Waals surface area (Å²) in [5.41, 5.74) is 2.76. The summed E-state index contributed by atoms with van der Waals surface area (Å²) in [6.45, 7) is 2.34. The van der Waals surface area contributed by atoms with E-state index in [1.807, 2.05) is 18.9 Å². The van der Waals surface area contributed by atoms with E-state index in [0.717, 1.165) is 29.3 Å². The summed E-state index contributed by atoms with van der Waals surface area (Å²) in [4.78, 5) is 14.2. The van der Waals surface area contributed by atoms with Crippen molar-refractivity contribution < 1.29 is 9.53 Å². The number of carbonyl (C=O) groups is 1. The molecule has 0 saturated heterocycles. The molecule has 1 heterocycles. The lowest BCUT2D eigenvalue weighted by atomic mass is 9.87. The number of aryl methyl sites for hydroxylation is 2. The largest absolute Gasteiger partial charge is 0.364 e. The Bertz CT molecular complexity index is 686. The molecule has 3 rings (SSSR count). The molecule has 1 aromatic heterocycles. The highest BCUT2D eigenvalue weighted by atomic mass is 32.1. The first-order valence-corrected chi connectivity index (χ1v) is 8.64. The van der Waals surface area contributed by atoms with Crippen molar-refractivity contribution in [1.29, 1.82) is 0 Å². The minimum atomic E-state index is 0.0237. The Morgan fingerprint density at radius 1 is 1.35 bits per heavy atom. The summed E-state index contributed by atoms with van der Waals surface area (Å²) < 4.78 is 5.49. The second-order valence-electron chi connectivity index (χ2n) is 5.88. The average Bonchev–Trinajstić information content (AvgIpc) is 2.99. The Hall–Kier alpha value is -1.79. The number of rotatable bonds is 5. The van der Waals surface area contributed by atoms with Crippen LogP contribution in [0.5, 0.6) is 0 Å². The lowest BCUT2D eigenvalue weighted by Gasteiger charge is -2.32. The molecule has 0 saturated carbocycles. The molecule has 5 nitrogen and oxygen atoms in total. The fraction of sp³-hybridized carbons (Fsp3) is 0.471. The predicted molar refractivity (Wildman–Crippen MR) is 89.3 cm³/mol. The highest BCUT2D eigenvalue weighted by Crippen LogP contribution is 2.24. The predicted octanol–water partition coefficient (Wildman–Crippen LogP) is 2.38. The van der Waals surface area contributed by atoms with Gasteiger partial charge in [0.1, 0.15) is 23.2 Å². The topological polar surface area (TPSA) is 55.3 Å². The van der Waals surface area contributed by atoms with Crippen molar-refractivity contribution in [3.05, 3.63) is 45.4 Å². The third kappa shape index (κ3) is 3.95. The fourth-order valence-corrected chi connectivity index (χ4v) is 3.58. The van der Waals surface area contributed by atoms with E-state index >= 15 is 0 Å². The van der Waals surface area contributed by atoms with Gasteiger partial charge in [0.25, 0.3) is 0 Å². The molecule has 1 aliphatic rings. The maximum absolute atomic E-state index is 12.3. The maximum Gasteiger partial charge on any atom is 0.248 e. The number of ether oxygens (including phenoxy) is 1. The molecule has 0 radical (unpaired) electrons. The summed E-state index contributed by atoms with van der Waals surface area (Å²) in [7, 11) is 1.87. The maximum atomic E-state index is 12.3. The molecule has 0 N–H and O–H groups in total. The smallest absolute Gasteiger partial charge is 0.248 e. The van der Waals surface area contributed by atoms with Crippen molar-refractivity contribution in [2.45, 2.75) is 38.8 Å². The number of benzene rings is 1. The molecule has 1 unspecified atom stereocenters. The first-order chi connectivity index (χ1) is 11.1. The van der Waals surface area contributed by atoms with Crippen LogP contribution in [0.25, 0.3) is 0 Å². The van der Waals surface area contributed by atoms with Gasteiger partial charge < -0.3 is 9.64 Å². The minimum Gasteiger partial charge on any atom is -0.364 e. The lowest BCUT2D eigenvalue weighted by molar-refractivity contribution is -0.137. The molecule has 0 spiro atoms.